The lowest BCUT2D eigenvalue weighted by Gasteiger charge is -2.34. The number of hydrogen-bond donors (Lipinski definition) is 1. The summed E-state index contributed by atoms with van der Waals surface area (Å²) in [5.41, 5.74) is 5.04. The van der Waals surface area contributed by atoms with Crippen LogP contribution < -0.4 is 5.32 Å². The number of aromatic nitrogens is 1. The molecule has 0 saturated carbocycles. The summed E-state index contributed by atoms with van der Waals surface area (Å²) in [5.74, 6) is 0. The highest BCUT2D eigenvalue weighted by Crippen LogP contribution is 2.22. The second kappa shape index (κ2) is 6.02. The Labute approximate surface area is 118 Å². The molecule has 1 aromatic heterocycles. The maximum absolute atomic E-state index is 4.58. The van der Waals surface area contributed by atoms with Crippen molar-refractivity contribution in [1.82, 2.24) is 15.2 Å². The van der Waals surface area contributed by atoms with Crippen LogP contribution in [0.3, 0.4) is 0 Å². The second-order valence-corrected chi connectivity index (χ2v) is 6.39. The van der Waals surface area contributed by atoms with Gasteiger partial charge in [-0.1, -0.05) is 0 Å². The molecule has 3 heteroatoms. The Morgan fingerprint density at radius 2 is 1.84 bits per heavy atom. The lowest BCUT2D eigenvalue weighted by atomic mass is 9.98. The van der Waals surface area contributed by atoms with Gasteiger partial charge in [0.05, 0.1) is 0 Å². The standard InChI is InChI=1S/C16H29N3/c1-11-9-12(2)18-14(4)15(11)13(3)17-10-16(5,6)19(7)8/h9,13,17H,10H2,1-8H3. The molecule has 0 aromatic carbocycles. The smallest absolute Gasteiger partial charge is 0.0426 e. The topological polar surface area (TPSA) is 28.2 Å². The molecule has 0 aliphatic carbocycles. The molecule has 0 radical (unpaired) electrons. The van der Waals surface area contributed by atoms with Crippen LogP contribution in [0.1, 0.15) is 49.3 Å². The third kappa shape index (κ3) is 4.02. The van der Waals surface area contributed by atoms with E-state index >= 15 is 0 Å². The Morgan fingerprint density at radius 1 is 1.26 bits per heavy atom. The van der Waals surface area contributed by atoms with Crippen molar-refractivity contribution in [3.8, 4) is 0 Å². The molecule has 1 N–H and O–H groups in total. The predicted molar refractivity (Wildman–Crippen MR) is 82.6 cm³/mol. The van der Waals surface area contributed by atoms with E-state index in [1.165, 1.54) is 11.1 Å². The maximum Gasteiger partial charge on any atom is 0.0426 e. The van der Waals surface area contributed by atoms with Crippen molar-refractivity contribution in [3.63, 3.8) is 0 Å². The summed E-state index contributed by atoms with van der Waals surface area (Å²) in [6.45, 7) is 14.0. The minimum atomic E-state index is 0.147. The van der Waals surface area contributed by atoms with Gasteiger partial charge >= 0.3 is 0 Å². The average molecular weight is 263 g/mol. The molecule has 0 aliphatic heterocycles. The van der Waals surface area contributed by atoms with Crippen LogP contribution in [0.25, 0.3) is 0 Å². The zero-order valence-corrected chi connectivity index (χ0v) is 13.8. The van der Waals surface area contributed by atoms with Crippen LogP contribution in [0.15, 0.2) is 6.07 Å². The van der Waals surface area contributed by atoms with Crippen LogP contribution in [0.5, 0.6) is 0 Å². The lowest BCUT2D eigenvalue weighted by molar-refractivity contribution is 0.185. The maximum atomic E-state index is 4.58. The zero-order chi connectivity index (χ0) is 14.8. The highest BCUT2D eigenvalue weighted by Gasteiger charge is 2.22. The molecule has 0 bridgehead atoms. The van der Waals surface area contributed by atoms with Crippen LogP contribution in [0.4, 0.5) is 0 Å². The number of likely N-dealkylation sites (N-methyl/N-ethyl adjacent to an activating group) is 1. The zero-order valence-electron chi connectivity index (χ0n) is 13.8. The first-order valence-electron chi connectivity index (χ1n) is 7.00. The molecule has 3 nitrogen and oxygen atoms in total. The minimum absolute atomic E-state index is 0.147. The van der Waals surface area contributed by atoms with Crippen LogP contribution in [-0.4, -0.2) is 36.1 Å². The van der Waals surface area contributed by atoms with Crippen molar-refractivity contribution < 1.29 is 0 Å². The normalized spacial score (nSPS) is 13.9. The summed E-state index contributed by atoms with van der Waals surface area (Å²) in [6, 6.07) is 2.49. The van der Waals surface area contributed by atoms with Gasteiger partial charge in [0.25, 0.3) is 0 Å². The van der Waals surface area contributed by atoms with E-state index in [0.717, 1.165) is 17.9 Å². The van der Waals surface area contributed by atoms with Gasteiger partial charge in [-0.3, -0.25) is 4.98 Å². The number of hydrogen-bond acceptors (Lipinski definition) is 3. The second-order valence-electron chi connectivity index (χ2n) is 6.39. The van der Waals surface area contributed by atoms with Gasteiger partial charge < -0.3 is 10.2 Å². The van der Waals surface area contributed by atoms with Gasteiger partial charge in [0.2, 0.25) is 0 Å². The van der Waals surface area contributed by atoms with E-state index < -0.39 is 0 Å². The molecule has 0 aliphatic rings. The Balaban J connectivity index is 2.82. The van der Waals surface area contributed by atoms with Gasteiger partial charge in [-0.2, -0.15) is 0 Å². The third-order valence-electron chi connectivity index (χ3n) is 4.07. The summed E-state index contributed by atoms with van der Waals surface area (Å²) in [6.07, 6.45) is 0. The fourth-order valence-corrected chi connectivity index (χ4v) is 2.35. The first kappa shape index (κ1) is 16.1. The fourth-order valence-electron chi connectivity index (χ4n) is 2.35. The first-order valence-corrected chi connectivity index (χ1v) is 7.00. The van der Waals surface area contributed by atoms with Gasteiger partial charge in [-0.15, -0.1) is 0 Å². The van der Waals surface area contributed by atoms with E-state index in [1.54, 1.807) is 0 Å². The van der Waals surface area contributed by atoms with Crippen LogP contribution >= 0.6 is 0 Å². The molecule has 1 atom stereocenters. The molecule has 1 rings (SSSR count). The lowest BCUT2D eigenvalue weighted by Crippen LogP contribution is -2.47. The third-order valence-corrected chi connectivity index (χ3v) is 4.07. The van der Waals surface area contributed by atoms with Crippen LogP contribution in [0.2, 0.25) is 0 Å². The molecule has 0 amide bonds. The number of aryl methyl sites for hydroxylation is 3. The molecule has 0 saturated heterocycles. The summed E-state index contributed by atoms with van der Waals surface area (Å²) in [7, 11) is 4.24. The van der Waals surface area contributed by atoms with E-state index in [-0.39, 0.29) is 5.54 Å². The van der Waals surface area contributed by atoms with Crippen molar-refractivity contribution >= 4 is 0 Å². The van der Waals surface area contributed by atoms with E-state index in [0.29, 0.717) is 6.04 Å². The quantitative estimate of drug-likeness (QED) is 0.885. The SMILES string of the molecule is Cc1cc(C)c(C(C)NCC(C)(C)N(C)C)c(C)n1. The number of nitrogens with zero attached hydrogens (tertiary/aromatic N) is 2. The summed E-state index contributed by atoms with van der Waals surface area (Å²) in [5, 5.41) is 3.64. The number of pyridine rings is 1. The minimum Gasteiger partial charge on any atom is -0.308 e. The Hall–Kier alpha value is -0.930. The Morgan fingerprint density at radius 3 is 2.32 bits per heavy atom. The Kier molecular flexibility index (Phi) is 5.11. The summed E-state index contributed by atoms with van der Waals surface area (Å²) in [4.78, 5) is 6.83. The number of nitrogens with one attached hydrogen (secondary N) is 1. The largest absolute Gasteiger partial charge is 0.308 e. The highest BCUT2D eigenvalue weighted by atomic mass is 15.2. The molecule has 1 unspecified atom stereocenters. The Bertz CT molecular complexity index is 413. The predicted octanol–water partition coefficient (Wildman–Crippen LogP) is 3.00. The van der Waals surface area contributed by atoms with Gasteiger partial charge in [0, 0.05) is 29.5 Å². The van der Waals surface area contributed by atoms with Crippen molar-refractivity contribution in [2.45, 2.75) is 53.1 Å². The van der Waals surface area contributed by atoms with E-state index in [9.17, 15) is 0 Å². The van der Waals surface area contributed by atoms with Gasteiger partial charge in [-0.25, -0.2) is 0 Å². The molecule has 0 fully saturated rings. The summed E-state index contributed by atoms with van der Waals surface area (Å²) < 4.78 is 0. The molecule has 19 heavy (non-hydrogen) atoms. The van der Waals surface area contributed by atoms with Gasteiger partial charge in [-0.05, 0) is 72.8 Å². The van der Waals surface area contributed by atoms with E-state index in [4.69, 9.17) is 0 Å². The summed E-state index contributed by atoms with van der Waals surface area (Å²) >= 11 is 0. The molecular formula is C16H29N3. The monoisotopic (exact) mass is 263 g/mol. The van der Waals surface area contributed by atoms with Crippen molar-refractivity contribution in [2.24, 2.45) is 0 Å². The van der Waals surface area contributed by atoms with Crippen LogP contribution in [-0.2, 0) is 0 Å². The van der Waals surface area contributed by atoms with E-state index in [2.05, 4.69) is 76.9 Å². The van der Waals surface area contributed by atoms with Gasteiger partial charge in [0.1, 0.15) is 0 Å². The van der Waals surface area contributed by atoms with Crippen LogP contribution in [0, 0.1) is 20.8 Å². The van der Waals surface area contributed by atoms with Crippen molar-refractivity contribution in [2.75, 3.05) is 20.6 Å². The molecule has 0 spiro atoms. The number of rotatable bonds is 5. The molecular weight excluding hydrogens is 234 g/mol. The highest BCUT2D eigenvalue weighted by molar-refractivity contribution is 5.33. The van der Waals surface area contributed by atoms with Crippen molar-refractivity contribution in [1.29, 1.82) is 0 Å². The average Bonchev–Trinajstić information content (AvgIpc) is 2.24. The molecule has 1 heterocycles. The van der Waals surface area contributed by atoms with Gasteiger partial charge in [0.15, 0.2) is 0 Å². The fraction of sp³-hybridized carbons (Fsp3) is 0.688. The molecule has 108 valence electrons. The van der Waals surface area contributed by atoms with Crippen molar-refractivity contribution in [3.05, 3.63) is 28.6 Å². The first-order chi connectivity index (χ1) is 8.65. The molecule has 1 aromatic rings. The van der Waals surface area contributed by atoms with E-state index in [1.807, 2.05) is 0 Å².